The Bertz CT molecular complexity index is 1100. The van der Waals surface area contributed by atoms with Crippen LogP contribution < -0.4 is 16.8 Å². The van der Waals surface area contributed by atoms with E-state index in [9.17, 15) is 35.1 Å². The molecule has 3 heterocycles. The van der Waals surface area contributed by atoms with Crippen molar-refractivity contribution in [2.75, 3.05) is 12.3 Å². The second kappa shape index (κ2) is 10.6. The van der Waals surface area contributed by atoms with Crippen molar-refractivity contribution in [1.29, 1.82) is 0 Å². The maximum Gasteiger partial charge on any atom is 0.328 e. The molecule has 16 heteroatoms. The number of aliphatic hydroxyl groups is 4. The van der Waals surface area contributed by atoms with Crippen molar-refractivity contribution in [2.45, 2.75) is 67.9 Å². The van der Waals surface area contributed by atoms with Gasteiger partial charge in [0.25, 0.3) is 0 Å². The van der Waals surface area contributed by atoms with Crippen molar-refractivity contribution in [2.24, 2.45) is 11.7 Å². The Balaban J connectivity index is 0.00000361. The SMILES string of the molecule is Nc1ncc2ncn([C@@H]3O[C@H](C(NC(=O)[C@H]4CCC[C@H]4N)C(=O)O)C[C@@](O)(C(O)CO)[C@H]3O)c2n1.O. The average molecular weight is 514 g/mol. The van der Waals surface area contributed by atoms with Gasteiger partial charge in [-0.05, 0) is 12.8 Å². The standard InChI is InChI=1S/C20H29N7O8.H2O/c21-9-3-1-2-8(9)16(31)25-13(18(32)33)11-4-20(34,12(29)6-28)14(30)17(35-11)27-7-24-10-5-23-19(22)26-15(10)27;/h5,7-9,11-14,17,28-30,34H,1-4,6,21H2,(H,25,31)(H,32,33)(H2,22,23,26);1H2/t8-,9+,11-,12?,13?,14-,17+,20+;/m0./s1. The van der Waals surface area contributed by atoms with Crippen LogP contribution in [-0.2, 0) is 14.3 Å². The minimum absolute atomic E-state index is 0. The van der Waals surface area contributed by atoms with Crippen molar-refractivity contribution < 1.29 is 45.3 Å². The number of carbonyl (C=O) groups is 2. The maximum absolute atomic E-state index is 12.8. The third-order valence-corrected chi connectivity index (χ3v) is 6.83. The molecule has 1 amide bonds. The molecule has 200 valence electrons. The number of carbonyl (C=O) groups excluding carboxylic acids is 1. The van der Waals surface area contributed by atoms with Gasteiger partial charge in [0.15, 0.2) is 17.9 Å². The highest BCUT2D eigenvalue weighted by atomic mass is 16.5. The molecule has 0 radical (unpaired) electrons. The molecule has 1 saturated carbocycles. The van der Waals surface area contributed by atoms with E-state index in [0.29, 0.717) is 12.8 Å². The summed E-state index contributed by atoms with van der Waals surface area (Å²) in [5.41, 5.74) is 9.59. The maximum atomic E-state index is 12.8. The highest BCUT2D eigenvalue weighted by Gasteiger charge is 2.56. The number of ether oxygens (including phenoxy) is 1. The average Bonchev–Trinajstić information content (AvgIpc) is 3.44. The molecule has 0 aromatic carbocycles. The summed E-state index contributed by atoms with van der Waals surface area (Å²) >= 11 is 0. The fourth-order valence-corrected chi connectivity index (χ4v) is 4.81. The first-order chi connectivity index (χ1) is 16.6. The topological polar surface area (TPSA) is 284 Å². The Kier molecular flexibility index (Phi) is 8.09. The summed E-state index contributed by atoms with van der Waals surface area (Å²) in [5, 5.41) is 54.5. The Morgan fingerprint density at radius 2 is 2.06 bits per heavy atom. The summed E-state index contributed by atoms with van der Waals surface area (Å²) in [5.74, 6) is -2.74. The predicted molar refractivity (Wildman–Crippen MR) is 121 cm³/mol. The van der Waals surface area contributed by atoms with Crippen molar-refractivity contribution in [3.05, 3.63) is 12.5 Å². The van der Waals surface area contributed by atoms with Gasteiger partial charge in [0, 0.05) is 12.5 Å². The molecule has 1 saturated heterocycles. The second-order valence-corrected chi connectivity index (χ2v) is 9.02. The minimum atomic E-state index is -2.42. The number of hydrogen-bond donors (Lipinski definition) is 8. The van der Waals surface area contributed by atoms with Crippen LogP contribution in [0.2, 0.25) is 0 Å². The third-order valence-electron chi connectivity index (χ3n) is 6.83. The van der Waals surface area contributed by atoms with E-state index in [1.807, 2.05) is 0 Å². The lowest BCUT2D eigenvalue weighted by atomic mass is 9.79. The highest BCUT2D eigenvalue weighted by Crippen LogP contribution is 2.39. The lowest BCUT2D eigenvalue weighted by Gasteiger charge is -2.48. The first kappa shape index (κ1) is 27.6. The monoisotopic (exact) mass is 513 g/mol. The quantitative estimate of drug-likeness (QED) is 0.175. The van der Waals surface area contributed by atoms with Gasteiger partial charge in [-0.2, -0.15) is 4.98 Å². The number of nitrogens with two attached hydrogens (primary N) is 2. The fraction of sp³-hybridized carbons (Fsp3) is 0.650. The number of imidazole rings is 1. The van der Waals surface area contributed by atoms with Crippen molar-refractivity contribution in [3.63, 3.8) is 0 Å². The van der Waals surface area contributed by atoms with Gasteiger partial charge < -0.3 is 52.5 Å². The van der Waals surface area contributed by atoms with Crippen LogP contribution in [0.1, 0.15) is 31.9 Å². The largest absolute Gasteiger partial charge is 0.480 e. The number of hydrogen-bond acceptors (Lipinski definition) is 12. The lowest BCUT2D eigenvalue weighted by molar-refractivity contribution is -0.273. The fourth-order valence-electron chi connectivity index (χ4n) is 4.81. The Labute approximate surface area is 204 Å². The molecule has 2 aliphatic rings. The minimum Gasteiger partial charge on any atom is -0.480 e. The summed E-state index contributed by atoms with van der Waals surface area (Å²) in [7, 11) is 0. The molecule has 8 atom stereocenters. The molecular weight excluding hydrogens is 482 g/mol. The van der Waals surface area contributed by atoms with Gasteiger partial charge in [0.05, 0.1) is 31.2 Å². The molecule has 2 fully saturated rings. The number of nitrogens with zero attached hydrogens (tertiary/aromatic N) is 4. The van der Waals surface area contributed by atoms with E-state index in [1.165, 1.54) is 17.1 Å². The number of anilines is 1. The molecule has 2 unspecified atom stereocenters. The Hall–Kier alpha value is -2.99. The molecule has 0 bridgehead atoms. The highest BCUT2D eigenvalue weighted by molar-refractivity contribution is 5.86. The number of fused-ring (bicyclic) bond motifs is 1. The first-order valence-corrected chi connectivity index (χ1v) is 11.2. The number of rotatable bonds is 7. The number of nitrogen functional groups attached to an aromatic ring is 1. The molecule has 36 heavy (non-hydrogen) atoms. The zero-order chi connectivity index (χ0) is 25.5. The number of nitrogens with one attached hydrogen (secondary N) is 1. The summed E-state index contributed by atoms with van der Waals surface area (Å²) < 4.78 is 7.09. The summed E-state index contributed by atoms with van der Waals surface area (Å²) in [6, 6.07) is -2.08. The molecule has 16 nitrogen and oxygen atoms in total. The van der Waals surface area contributed by atoms with Crippen molar-refractivity contribution >= 4 is 29.0 Å². The molecule has 2 aromatic rings. The van der Waals surface area contributed by atoms with Gasteiger partial charge in [0.1, 0.15) is 23.3 Å². The van der Waals surface area contributed by atoms with Crippen molar-refractivity contribution in [1.82, 2.24) is 24.8 Å². The second-order valence-electron chi connectivity index (χ2n) is 9.02. The molecular formula is C20H31N7O9. The number of aromatic nitrogens is 4. The molecule has 2 aromatic heterocycles. The molecule has 0 spiro atoms. The van der Waals surface area contributed by atoms with Crippen LogP contribution in [0.3, 0.4) is 0 Å². The van der Waals surface area contributed by atoms with E-state index in [4.69, 9.17) is 16.2 Å². The summed E-state index contributed by atoms with van der Waals surface area (Å²) in [6.07, 6.45) is -2.91. The van der Waals surface area contributed by atoms with Crippen LogP contribution in [0, 0.1) is 5.92 Å². The van der Waals surface area contributed by atoms with Crippen molar-refractivity contribution in [3.8, 4) is 0 Å². The third kappa shape index (κ3) is 4.83. The van der Waals surface area contributed by atoms with E-state index in [2.05, 4.69) is 20.3 Å². The van der Waals surface area contributed by atoms with Gasteiger partial charge in [-0.1, -0.05) is 6.42 Å². The predicted octanol–water partition coefficient (Wildman–Crippen LogP) is -3.99. The van der Waals surface area contributed by atoms with Crippen LogP contribution in [0.4, 0.5) is 5.95 Å². The summed E-state index contributed by atoms with van der Waals surface area (Å²) in [6.45, 7) is -0.937. The van der Waals surface area contributed by atoms with E-state index in [0.717, 1.165) is 6.42 Å². The van der Waals surface area contributed by atoms with Crippen LogP contribution in [0.15, 0.2) is 12.5 Å². The zero-order valence-corrected chi connectivity index (χ0v) is 19.1. The molecule has 4 rings (SSSR count). The number of aliphatic hydroxyl groups excluding tert-OH is 3. The number of carboxylic acid groups (broad SMARTS) is 1. The van der Waals surface area contributed by atoms with Gasteiger partial charge in [-0.25, -0.2) is 14.8 Å². The van der Waals surface area contributed by atoms with E-state index >= 15 is 0 Å². The molecule has 1 aliphatic heterocycles. The number of aliphatic carboxylic acids is 1. The van der Waals surface area contributed by atoms with Gasteiger partial charge in [0.2, 0.25) is 11.9 Å². The van der Waals surface area contributed by atoms with E-state index in [-0.39, 0.29) is 22.6 Å². The van der Waals surface area contributed by atoms with Crippen LogP contribution in [-0.4, -0.2) is 105 Å². The molecule has 12 N–H and O–H groups in total. The summed E-state index contributed by atoms with van der Waals surface area (Å²) in [4.78, 5) is 36.9. The Morgan fingerprint density at radius 1 is 1.33 bits per heavy atom. The van der Waals surface area contributed by atoms with Gasteiger partial charge in [-0.3, -0.25) is 9.36 Å². The zero-order valence-electron chi connectivity index (χ0n) is 19.1. The van der Waals surface area contributed by atoms with Crippen LogP contribution >= 0.6 is 0 Å². The smallest absolute Gasteiger partial charge is 0.328 e. The Morgan fingerprint density at radius 3 is 2.67 bits per heavy atom. The lowest BCUT2D eigenvalue weighted by Crippen LogP contribution is -2.66. The van der Waals surface area contributed by atoms with Crippen LogP contribution in [0.25, 0.3) is 11.2 Å². The first-order valence-electron chi connectivity index (χ1n) is 11.2. The van der Waals surface area contributed by atoms with Gasteiger partial charge >= 0.3 is 5.97 Å². The van der Waals surface area contributed by atoms with E-state index in [1.54, 1.807) is 0 Å². The number of carboxylic acids is 1. The molecule has 1 aliphatic carbocycles. The van der Waals surface area contributed by atoms with Crippen LogP contribution in [0.5, 0.6) is 0 Å². The normalized spacial score (nSPS) is 32.0. The van der Waals surface area contributed by atoms with Gasteiger partial charge in [-0.15, -0.1) is 0 Å². The number of amides is 1. The van der Waals surface area contributed by atoms with E-state index < -0.39 is 73.0 Å².